The first-order valence-electron chi connectivity index (χ1n) is 14.6. The molecule has 0 aromatic heterocycles. The van der Waals surface area contributed by atoms with Crippen molar-refractivity contribution >= 4 is 5.97 Å². The maximum atomic E-state index is 16.0. The maximum Gasteiger partial charge on any atom is 1.00 e. The van der Waals surface area contributed by atoms with Crippen molar-refractivity contribution in [3.63, 3.8) is 0 Å². The number of alkyl halides is 3. The number of aliphatic carboxylic acids is 1. The van der Waals surface area contributed by atoms with Crippen molar-refractivity contribution in [1.29, 1.82) is 0 Å². The number of likely N-dealkylation sites (tertiary alicyclic amines) is 1. The first kappa shape index (κ1) is 30.8. The Morgan fingerprint density at radius 2 is 1.71 bits per heavy atom. The summed E-state index contributed by atoms with van der Waals surface area (Å²) >= 11 is 0. The van der Waals surface area contributed by atoms with Gasteiger partial charge in [0.05, 0.1) is 5.56 Å². The zero-order valence-corrected chi connectivity index (χ0v) is 26.0. The van der Waals surface area contributed by atoms with Crippen LogP contribution in [0.4, 0.5) is 17.6 Å². The summed E-state index contributed by atoms with van der Waals surface area (Å²) in [6.07, 6.45) is 2.13. The molecule has 1 saturated heterocycles. The van der Waals surface area contributed by atoms with E-state index in [0.29, 0.717) is 43.8 Å². The predicted molar refractivity (Wildman–Crippen MR) is 140 cm³/mol. The summed E-state index contributed by atoms with van der Waals surface area (Å²) in [5.74, 6) is -2.13. The maximum absolute atomic E-state index is 16.0. The van der Waals surface area contributed by atoms with Crippen molar-refractivity contribution in [2.24, 2.45) is 11.8 Å². The Morgan fingerprint density at radius 1 is 1.02 bits per heavy atom. The number of fused-ring (bicyclic) bond motifs is 1. The van der Waals surface area contributed by atoms with Crippen molar-refractivity contribution in [3.8, 4) is 5.75 Å². The smallest absolute Gasteiger partial charge is 0.550 e. The van der Waals surface area contributed by atoms with Gasteiger partial charge in [-0.3, -0.25) is 4.90 Å². The van der Waals surface area contributed by atoms with E-state index in [1.54, 1.807) is 19.1 Å². The summed E-state index contributed by atoms with van der Waals surface area (Å²) < 4.78 is 63.1. The van der Waals surface area contributed by atoms with Gasteiger partial charge >= 0.3 is 35.7 Å². The van der Waals surface area contributed by atoms with Gasteiger partial charge in [-0.2, -0.15) is 13.2 Å². The van der Waals surface area contributed by atoms with Crippen LogP contribution in [0.5, 0.6) is 5.75 Å². The molecule has 0 radical (unpaired) electrons. The molecule has 41 heavy (non-hydrogen) atoms. The van der Waals surface area contributed by atoms with Crippen LogP contribution in [0.25, 0.3) is 0 Å². The van der Waals surface area contributed by atoms with Crippen LogP contribution in [0.15, 0.2) is 30.3 Å². The van der Waals surface area contributed by atoms with Gasteiger partial charge in [0.2, 0.25) is 0 Å². The third kappa shape index (κ3) is 6.09. The van der Waals surface area contributed by atoms with E-state index in [2.05, 4.69) is 4.90 Å². The molecule has 0 N–H and O–H groups in total. The van der Waals surface area contributed by atoms with Crippen LogP contribution in [0, 0.1) is 17.7 Å². The molecule has 216 valence electrons. The molecule has 2 aliphatic heterocycles. The molecule has 2 aromatic carbocycles. The summed E-state index contributed by atoms with van der Waals surface area (Å²) in [6.45, 7) is 4.86. The third-order valence-electron chi connectivity index (χ3n) is 9.91. The molecule has 3 fully saturated rings. The molecule has 1 unspecified atom stereocenters. The van der Waals surface area contributed by atoms with Crippen LogP contribution in [-0.2, 0) is 17.4 Å². The number of carboxylic acids is 1. The Hall–Kier alpha value is -1.61. The van der Waals surface area contributed by atoms with E-state index in [1.807, 2.05) is 13.0 Å². The summed E-state index contributed by atoms with van der Waals surface area (Å²) in [6, 6.07) is 7.63. The molecule has 0 amide bonds. The van der Waals surface area contributed by atoms with E-state index in [-0.39, 0.29) is 47.3 Å². The quantitative estimate of drug-likeness (QED) is 0.371. The monoisotopic (exact) mass is 581 g/mol. The number of carbonyl (C=O) groups is 1. The number of nitrogens with zero attached hydrogens (tertiary/aromatic N) is 1. The standard InChI is InChI=1S/C32H37F4NO3.Na/c1-18(30(38)39)27(21-5-6-21)25-9-7-22-11-12-31(40-29(22)28(25)33)13-15-37(16-14-31)19(2)26-17-23(32(34,35)36)8-10-24(26)20-3-4-20;/h7-10,17-21,27H,3-6,11-16H2,1-2H3,(H,38,39);/q;+1/p-1/t18-,19?,27-;/m0./s1. The third-order valence-corrected chi connectivity index (χ3v) is 9.91. The molecule has 3 atom stereocenters. The van der Waals surface area contributed by atoms with Crippen molar-refractivity contribution in [3.05, 3.63) is 64.0 Å². The molecule has 9 heteroatoms. The zero-order chi connectivity index (χ0) is 28.4. The van der Waals surface area contributed by atoms with Crippen molar-refractivity contribution in [2.75, 3.05) is 13.1 Å². The van der Waals surface area contributed by atoms with Gasteiger partial charge in [0.1, 0.15) is 5.60 Å². The van der Waals surface area contributed by atoms with Crippen LogP contribution >= 0.6 is 0 Å². The summed E-state index contributed by atoms with van der Waals surface area (Å²) in [5.41, 5.74) is 1.84. The molecule has 6 rings (SSSR count). The van der Waals surface area contributed by atoms with E-state index >= 15 is 4.39 Å². The van der Waals surface area contributed by atoms with E-state index < -0.39 is 41.0 Å². The van der Waals surface area contributed by atoms with Crippen LogP contribution in [0.1, 0.15) is 104 Å². The molecule has 2 aromatic rings. The number of aryl methyl sites for hydroxylation is 1. The summed E-state index contributed by atoms with van der Waals surface area (Å²) in [4.78, 5) is 13.9. The number of piperidine rings is 1. The van der Waals surface area contributed by atoms with Crippen LogP contribution < -0.4 is 39.4 Å². The number of carboxylic acid groups (broad SMARTS) is 1. The number of halogens is 4. The molecule has 2 heterocycles. The Bertz CT molecular complexity index is 1300. The predicted octanol–water partition coefficient (Wildman–Crippen LogP) is 3.53. The Balaban J connectivity index is 0.00000337. The molecule has 4 nitrogen and oxygen atoms in total. The fourth-order valence-electron chi connectivity index (χ4n) is 7.09. The number of benzene rings is 2. The van der Waals surface area contributed by atoms with Gasteiger partial charge in [0.15, 0.2) is 11.6 Å². The van der Waals surface area contributed by atoms with Crippen molar-refractivity contribution < 1.29 is 61.8 Å². The largest absolute Gasteiger partial charge is 1.00 e. The average Bonchev–Trinajstić information content (AvgIpc) is 3.84. The fraction of sp³-hybridized carbons (Fsp3) is 0.594. The summed E-state index contributed by atoms with van der Waals surface area (Å²) in [5, 5.41) is 11.7. The molecule has 0 bridgehead atoms. The van der Waals surface area contributed by atoms with Crippen LogP contribution in [0.2, 0.25) is 0 Å². The van der Waals surface area contributed by atoms with Gasteiger partial charge < -0.3 is 14.6 Å². The Kier molecular flexibility index (Phi) is 8.63. The van der Waals surface area contributed by atoms with Gasteiger partial charge in [-0.05, 0) is 110 Å². The molecule has 2 aliphatic carbocycles. The number of hydrogen-bond acceptors (Lipinski definition) is 4. The second-order valence-corrected chi connectivity index (χ2v) is 12.5. The van der Waals surface area contributed by atoms with Crippen molar-refractivity contribution in [1.82, 2.24) is 4.90 Å². The minimum absolute atomic E-state index is 0. The first-order chi connectivity index (χ1) is 19.0. The minimum Gasteiger partial charge on any atom is -0.550 e. The fourth-order valence-corrected chi connectivity index (χ4v) is 7.09. The van der Waals surface area contributed by atoms with E-state index in [9.17, 15) is 23.1 Å². The molecular formula is C32H36F4NNaO3. The molecule has 1 spiro atoms. The van der Waals surface area contributed by atoms with E-state index in [0.717, 1.165) is 48.8 Å². The number of hydrogen-bond donors (Lipinski definition) is 0. The molecule has 2 saturated carbocycles. The van der Waals surface area contributed by atoms with Gasteiger partial charge in [-0.15, -0.1) is 0 Å². The first-order valence-corrected chi connectivity index (χ1v) is 14.6. The number of ether oxygens (including phenoxy) is 1. The van der Waals surface area contributed by atoms with Gasteiger partial charge in [0.25, 0.3) is 0 Å². The molecule has 4 aliphatic rings. The van der Waals surface area contributed by atoms with Crippen molar-refractivity contribution in [2.45, 2.75) is 94.9 Å². The SMILES string of the molecule is CC(c1cc(C(F)(F)F)ccc1C1CC1)N1CCC2(CCc3ccc([C@H](C4CC4)[C@H](C)C(=O)[O-])c(F)c3O2)CC1.[Na+]. The number of carbonyl (C=O) groups excluding carboxylic acids is 1. The average molecular weight is 582 g/mol. The Labute approximate surface area is 261 Å². The normalized spacial score (nSPS) is 22.7. The second kappa shape index (κ2) is 11.5. The topological polar surface area (TPSA) is 52.6 Å². The summed E-state index contributed by atoms with van der Waals surface area (Å²) in [7, 11) is 0. The molecular weight excluding hydrogens is 545 g/mol. The Morgan fingerprint density at radius 3 is 2.29 bits per heavy atom. The van der Waals surface area contributed by atoms with E-state index in [1.165, 1.54) is 12.1 Å². The van der Waals surface area contributed by atoms with Crippen LogP contribution in [-0.4, -0.2) is 29.6 Å². The van der Waals surface area contributed by atoms with Gasteiger partial charge in [-0.1, -0.05) is 25.1 Å². The van der Waals surface area contributed by atoms with Gasteiger partial charge in [0, 0.05) is 31.0 Å². The minimum atomic E-state index is -4.38. The van der Waals surface area contributed by atoms with Crippen LogP contribution in [0.3, 0.4) is 0 Å². The number of rotatable bonds is 7. The van der Waals surface area contributed by atoms with E-state index in [4.69, 9.17) is 4.74 Å². The zero-order valence-electron chi connectivity index (χ0n) is 24.0. The van der Waals surface area contributed by atoms with Gasteiger partial charge in [-0.25, -0.2) is 4.39 Å². The second-order valence-electron chi connectivity index (χ2n) is 12.5.